The Morgan fingerprint density at radius 2 is 1.85 bits per heavy atom. The second-order valence-electron chi connectivity index (χ2n) is 2.26. The maximum absolute atomic E-state index is 10.0. The zero-order chi connectivity index (χ0) is 9.56. The summed E-state index contributed by atoms with van der Waals surface area (Å²) in [5, 5.41) is 22.4. The maximum Gasteiger partial charge on any atom is 2.00 e. The molecule has 0 aliphatic heterocycles. The van der Waals surface area contributed by atoms with E-state index in [4.69, 9.17) is 5.73 Å². The second-order valence-corrected chi connectivity index (χ2v) is 2.26. The Balaban J connectivity index is 0. The molecule has 0 aromatic rings. The van der Waals surface area contributed by atoms with Gasteiger partial charge in [0, 0.05) is 31.5 Å². The molecule has 0 heterocycles. The minimum atomic E-state index is -1.30. The molecule has 0 bridgehead atoms. The molecule has 0 saturated heterocycles. The molecule has 0 saturated carbocycles. The Kier molecular flexibility index (Phi) is 9.11. The smallest absolute Gasteiger partial charge is 0.550 e. The van der Waals surface area contributed by atoms with Crippen molar-refractivity contribution in [2.75, 3.05) is 13.1 Å². The third-order valence-corrected chi connectivity index (χ3v) is 1.23. The third kappa shape index (κ3) is 9.27. The molecule has 0 aromatic heterocycles. The zero-order valence-corrected chi connectivity index (χ0v) is 7.71. The van der Waals surface area contributed by atoms with E-state index >= 15 is 0 Å². The molecule has 1 atom stereocenters. The van der Waals surface area contributed by atoms with Crippen molar-refractivity contribution in [3.8, 4) is 0 Å². The molecule has 0 fully saturated rings. The van der Waals surface area contributed by atoms with E-state index in [-0.39, 0.29) is 29.5 Å². The molecule has 0 aliphatic rings. The van der Waals surface area contributed by atoms with Crippen molar-refractivity contribution in [1.82, 2.24) is 5.32 Å². The summed E-state index contributed by atoms with van der Waals surface area (Å²) in [6, 6.07) is -0.576. The molecule has 0 radical (unpaired) electrons. The number of nitrogens with two attached hydrogens (primary N) is 1. The van der Waals surface area contributed by atoms with Gasteiger partial charge in [-0.1, -0.05) is 0 Å². The molecule has 0 aromatic carbocycles. The Morgan fingerprint density at radius 3 is 2.15 bits per heavy atom. The van der Waals surface area contributed by atoms with Gasteiger partial charge in [-0.25, -0.2) is 0 Å². The molecular weight excluding hydrogens is 223 g/mol. The van der Waals surface area contributed by atoms with Gasteiger partial charge in [0.2, 0.25) is 0 Å². The van der Waals surface area contributed by atoms with Gasteiger partial charge in [-0.2, -0.15) is 0 Å². The summed E-state index contributed by atoms with van der Waals surface area (Å²) in [5.41, 5.74) is 5.14. The van der Waals surface area contributed by atoms with Crippen molar-refractivity contribution < 1.29 is 36.3 Å². The van der Waals surface area contributed by atoms with Crippen LogP contribution in [0, 0.1) is 0 Å². The zero-order valence-electron chi connectivity index (χ0n) is 6.73. The van der Waals surface area contributed by atoms with Crippen LogP contribution < -0.4 is 21.3 Å². The fraction of sp³-hybridized carbons (Fsp3) is 0.667. The molecule has 0 rings (SSSR count). The summed E-state index contributed by atoms with van der Waals surface area (Å²) >= 11 is 0. The Hall–Kier alpha value is -0.646. The predicted octanol–water partition coefficient (Wildman–Crippen LogP) is -4.21. The molecule has 0 amide bonds. The summed E-state index contributed by atoms with van der Waals surface area (Å²) in [6.07, 6.45) is -0.302. The Labute approximate surface area is 85.4 Å². The number of carboxylic acid groups (broad SMARTS) is 2. The number of hydrogen-bond donors (Lipinski definition) is 2. The molecular formula is C6H10N2NiO4. The number of carboxylic acids is 2. The van der Waals surface area contributed by atoms with Crippen LogP contribution in [0.25, 0.3) is 0 Å². The average Bonchev–Trinajstić information content (AvgIpc) is 1.97. The van der Waals surface area contributed by atoms with Crippen LogP contribution in [-0.2, 0) is 26.1 Å². The van der Waals surface area contributed by atoms with Gasteiger partial charge >= 0.3 is 16.5 Å². The van der Waals surface area contributed by atoms with Gasteiger partial charge in [-0.05, 0) is 0 Å². The normalized spacial score (nSPS) is 11.5. The summed E-state index contributed by atoms with van der Waals surface area (Å²) in [6.45, 7) is -0.365. The van der Waals surface area contributed by atoms with E-state index in [1.54, 1.807) is 0 Å². The first-order valence-electron chi connectivity index (χ1n) is 3.39. The monoisotopic (exact) mass is 232 g/mol. The topological polar surface area (TPSA) is 118 Å². The third-order valence-electron chi connectivity index (χ3n) is 1.23. The van der Waals surface area contributed by atoms with Crippen molar-refractivity contribution in [1.29, 1.82) is 0 Å². The molecule has 6 nitrogen and oxygen atoms in total. The number of rotatable bonds is 6. The van der Waals surface area contributed by atoms with E-state index in [1.165, 1.54) is 0 Å². The molecule has 13 heavy (non-hydrogen) atoms. The quantitative estimate of drug-likeness (QED) is 0.449. The van der Waals surface area contributed by atoms with Crippen LogP contribution in [0.1, 0.15) is 6.42 Å². The molecule has 7 heteroatoms. The number of carbonyl (C=O) groups excluding carboxylic acids is 2. The minimum absolute atomic E-state index is 0. The van der Waals surface area contributed by atoms with Gasteiger partial charge in [-0.15, -0.1) is 0 Å². The molecule has 0 spiro atoms. The Morgan fingerprint density at radius 1 is 1.31 bits per heavy atom. The molecule has 0 aliphatic carbocycles. The van der Waals surface area contributed by atoms with E-state index in [0.717, 1.165) is 0 Å². The first-order chi connectivity index (χ1) is 5.56. The van der Waals surface area contributed by atoms with E-state index in [0.29, 0.717) is 0 Å². The summed E-state index contributed by atoms with van der Waals surface area (Å²) < 4.78 is 0. The standard InChI is InChI=1S/C6H12N2O4.Ni/c7-2-4(1-5(9)10)8-3-6(11)12;/h4,8H,1-3,7H2,(H,9,10)(H,11,12);/q;+2/p-2. The van der Waals surface area contributed by atoms with E-state index in [9.17, 15) is 19.8 Å². The van der Waals surface area contributed by atoms with Crippen LogP contribution in [0.4, 0.5) is 0 Å². The van der Waals surface area contributed by atoms with Crippen molar-refractivity contribution >= 4 is 11.9 Å². The van der Waals surface area contributed by atoms with Crippen molar-refractivity contribution in [3.05, 3.63) is 0 Å². The van der Waals surface area contributed by atoms with Crippen LogP contribution in [0.3, 0.4) is 0 Å². The van der Waals surface area contributed by atoms with Gasteiger partial charge in [-0.3, -0.25) is 0 Å². The van der Waals surface area contributed by atoms with Gasteiger partial charge < -0.3 is 30.9 Å². The SMILES string of the molecule is NCC(CC(=O)[O-])NCC(=O)[O-].[Ni+2]. The van der Waals surface area contributed by atoms with Gasteiger partial charge in [0.05, 0.1) is 5.97 Å². The second kappa shape index (κ2) is 7.97. The number of aliphatic carboxylic acids is 2. The molecule has 78 valence electrons. The summed E-state index contributed by atoms with van der Waals surface area (Å²) in [7, 11) is 0. The summed E-state index contributed by atoms with van der Waals surface area (Å²) in [5.74, 6) is -2.57. The Bertz CT molecular complexity index is 176. The number of hydrogen-bond acceptors (Lipinski definition) is 6. The summed E-state index contributed by atoms with van der Waals surface area (Å²) in [4.78, 5) is 20.0. The van der Waals surface area contributed by atoms with Gasteiger partial charge in [0.15, 0.2) is 0 Å². The van der Waals surface area contributed by atoms with Crippen molar-refractivity contribution in [2.24, 2.45) is 5.73 Å². The van der Waals surface area contributed by atoms with Crippen LogP contribution >= 0.6 is 0 Å². The molecule has 3 N–H and O–H groups in total. The minimum Gasteiger partial charge on any atom is -0.550 e. The van der Waals surface area contributed by atoms with E-state index < -0.39 is 24.5 Å². The van der Waals surface area contributed by atoms with Crippen LogP contribution in [0.15, 0.2) is 0 Å². The van der Waals surface area contributed by atoms with Crippen LogP contribution in [-0.4, -0.2) is 31.1 Å². The first kappa shape index (κ1) is 14.9. The number of nitrogens with one attached hydrogen (secondary N) is 1. The molecule has 1 unspecified atom stereocenters. The fourth-order valence-corrected chi connectivity index (χ4v) is 0.668. The fourth-order valence-electron chi connectivity index (χ4n) is 0.668. The maximum atomic E-state index is 10.0. The van der Waals surface area contributed by atoms with E-state index in [2.05, 4.69) is 5.32 Å². The van der Waals surface area contributed by atoms with Crippen molar-refractivity contribution in [2.45, 2.75) is 12.5 Å². The first-order valence-corrected chi connectivity index (χ1v) is 3.39. The van der Waals surface area contributed by atoms with Crippen LogP contribution in [0.5, 0.6) is 0 Å². The van der Waals surface area contributed by atoms with Gasteiger partial charge in [0.25, 0.3) is 0 Å². The van der Waals surface area contributed by atoms with Crippen molar-refractivity contribution in [3.63, 3.8) is 0 Å². The largest absolute Gasteiger partial charge is 2.00 e. The van der Waals surface area contributed by atoms with Gasteiger partial charge in [0.1, 0.15) is 0 Å². The number of carbonyl (C=O) groups is 2. The van der Waals surface area contributed by atoms with E-state index in [1.807, 2.05) is 0 Å². The predicted molar refractivity (Wildman–Crippen MR) is 35.5 cm³/mol. The average molecular weight is 233 g/mol. The van der Waals surface area contributed by atoms with Crippen LogP contribution in [0.2, 0.25) is 0 Å².